The first kappa shape index (κ1) is 15.1. The number of hydrogen-bond acceptors (Lipinski definition) is 4. The minimum Gasteiger partial charge on any atom is -0.383 e. The smallest absolute Gasteiger partial charge is 0.266 e. The standard InChI is InChI=1S/C19H17N5O/c20-17-16-18(22-24(17)12-15-9-5-2-6-10-15)21-13-23(19(16)25)11-14-7-3-1-4-8-14/h1-10,13H,11-12,20H2. The second-order valence-electron chi connectivity index (χ2n) is 5.89. The molecule has 25 heavy (non-hydrogen) atoms. The van der Waals surface area contributed by atoms with Crippen molar-refractivity contribution in [3.63, 3.8) is 0 Å². The van der Waals surface area contributed by atoms with Gasteiger partial charge in [0, 0.05) is 0 Å². The summed E-state index contributed by atoms with van der Waals surface area (Å²) >= 11 is 0. The number of fused-ring (bicyclic) bond motifs is 1. The largest absolute Gasteiger partial charge is 0.383 e. The van der Waals surface area contributed by atoms with Gasteiger partial charge in [0.1, 0.15) is 17.5 Å². The van der Waals surface area contributed by atoms with Crippen LogP contribution < -0.4 is 11.3 Å². The monoisotopic (exact) mass is 331 g/mol. The van der Waals surface area contributed by atoms with Crippen molar-refractivity contribution >= 4 is 16.9 Å². The Balaban J connectivity index is 1.74. The summed E-state index contributed by atoms with van der Waals surface area (Å²) in [6, 6.07) is 19.6. The molecule has 0 unspecified atom stereocenters. The summed E-state index contributed by atoms with van der Waals surface area (Å²) in [4.78, 5) is 17.1. The molecule has 0 aliphatic rings. The van der Waals surface area contributed by atoms with E-state index in [1.54, 1.807) is 9.25 Å². The van der Waals surface area contributed by atoms with Crippen molar-refractivity contribution in [1.82, 2.24) is 19.3 Å². The molecule has 2 aromatic heterocycles. The summed E-state index contributed by atoms with van der Waals surface area (Å²) in [5, 5.41) is 4.75. The molecule has 0 spiro atoms. The van der Waals surface area contributed by atoms with Gasteiger partial charge >= 0.3 is 0 Å². The van der Waals surface area contributed by atoms with Gasteiger partial charge in [0.15, 0.2) is 5.65 Å². The van der Waals surface area contributed by atoms with Crippen LogP contribution in [0.15, 0.2) is 71.8 Å². The lowest BCUT2D eigenvalue weighted by Crippen LogP contribution is -2.21. The molecule has 0 amide bonds. The minimum atomic E-state index is -0.175. The van der Waals surface area contributed by atoms with Gasteiger partial charge in [-0.3, -0.25) is 9.36 Å². The van der Waals surface area contributed by atoms with Crippen LogP contribution in [0.25, 0.3) is 11.0 Å². The molecule has 0 bridgehead atoms. The van der Waals surface area contributed by atoms with E-state index < -0.39 is 0 Å². The molecule has 0 saturated heterocycles. The van der Waals surface area contributed by atoms with Gasteiger partial charge < -0.3 is 5.73 Å². The third kappa shape index (κ3) is 2.89. The Kier molecular flexibility index (Phi) is 3.78. The summed E-state index contributed by atoms with van der Waals surface area (Å²) in [7, 11) is 0. The average Bonchev–Trinajstić information content (AvgIpc) is 2.96. The second-order valence-corrected chi connectivity index (χ2v) is 5.89. The van der Waals surface area contributed by atoms with E-state index >= 15 is 0 Å². The Labute approximate surface area is 144 Å². The van der Waals surface area contributed by atoms with Crippen molar-refractivity contribution < 1.29 is 0 Å². The normalized spacial score (nSPS) is 11.0. The van der Waals surface area contributed by atoms with Crippen molar-refractivity contribution in [3.8, 4) is 0 Å². The van der Waals surface area contributed by atoms with Gasteiger partial charge in [0.2, 0.25) is 0 Å². The zero-order valence-corrected chi connectivity index (χ0v) is 13.5. The van der Waals surface area contributed by atoms with Gasteiger partial charge in [-0.25, -0.2) is 9.67 Å². The van der Waals surface area contributed by atoms with Crippen LogP contribution in [0.4, 0.5) is 5.82 Å². The second kappa shape index (κ2) is 6.24. The molecular formula is C19H17N5O. The van der Waals surface area contributed by atoms with Gasteiger partial charge in [-0.15, -0.1) is 5.10 Å². The van der Waals surface area contributed by atoms with Gasteiger partial charge in [-0.2, -0.15) is 0 Å². The average molecular weight is 331 g/mol. The quantitative estimate of drug-likeness (QED) is 0.622. The fraction of sp³-hybridized carbons (Fsp3) is 0.105. The van der Waals surface area contributed by atoms with Crippen LogP contribution in [0.5, 0.6) is 0 Å². The molecule has 0 radical (unpaired) electrons. The summed E-state index contributed by atoms with van der Waals surface area (Å²) < 4.78 is 3.18. The number of nitrogens with zero attached hydrogens (tertiary/aromatic N) is 4. The summed E-state index contributed by atoms with van der Waals surface area (Å²) in [6.45, 7) is 0.951. The molecule has 0 fully saturated rings. The molecule has 0 saturated carbocycles. The molecular weight excluding hydrogens is 314 g/mol. The molecule has 4 aromatic rings. The van der Waals surface area contributed by atoms with Crippen molar-refractivity contribution in [1.29, 1.82) is 0 Å². The first-order valence-electron chi connectivity index (χ1n) is 8.01. The van der Waals surface area contributed by atoms with E-state index in [2.05, 4.69) is 10.1 Å². The number of benzene rings is 2. The van der Waals surface area contributed by atoms with Crippen LogP contribution in [0.2, 0.25) is 0 Å². The predicted molar refractivity (Wildman–Crippen MR) is 97.3 cm³/mol. The Morgan fingerprint density at radius 2 is 1.48 bits per heavy atom. The first-order chi connectivity index (χ1) is 12.2. The highest BCUT2D eigenvalue weighted by atomic mass is 16.1. The van der Waals surface area contributed by atoms with Crippen LogP contribution >= 0.6 is 0 Å². The summed E-state index contributed by atoms with van der Waals surface area (Å²) in [5.41, 5.74) is 8.49. The van der Waals surface area contributed by atoms with Crippen molar-refractivity contribution in [2.24, 2.45) is 0 Å². The Morgan fingerprint density at radius 1 is 0.880 bits per heavy atom. The van der Waals surface area contributed by atoms with Crippen LogP contribution in [-0.2, 0) is 13.1 Å². The Hall–Kier alpha value is -3.41. The topological polar surface area (TPSA) is 78.7 Å². The van der Waals surface area contributed by atoms with Crippen molar-refractivity contribution in [2.45, 2.75) is 13.1 Å². The highest BCUT2D eigenvalue weighted by Gasteiger charge is 2.15. The zero-order chi connectivity index (χ0) is 17.2. The number of hydrogen-bond donors (Lipinski definition) is 1. The minimum absolute atomic E-state index is 0.175. The Morgan fingerprint density at radius 3 is 2.12 bits per heavy atom. The molecule has 0 atom stereocenters. The summed E-state index contributed by atoms with van der Waals surface area (Å²) in [5.74, 6) is 0.346. The molecule has 0 aliphatic carbocycles. The van der Waals surface area contributed by atoms with Gasteiger partial charge in [-0.05, 0) is 11.1 Å². The van der Waals surface area contributed by atoms with E-state index in [1.807, 2.05) is 60.7 Å². The van der Waals surface area contributed by atoms with Crippen LogP contribution in [0.3, 0.4) is 0 Å². The SMILES string of the molecule is Nc1c2c(=O)n(Cc3ccccc3)cnc2nn1Cc1ccccc1. The molecule has 2 heterocycles. The van der Waals surface area contributed by atoms with E-state index in [-0.39, 0.29) is 5.56 Å². The third-order valence-electron chi connectivity index (χ3n) is 4.14. The highest BCUT2D eigenvalue weighted by molar-refractivity contribution is 5.85. The lowest BCUT2D eigenvalue weighted by Gasteiger charge is -2.05. The first-order valence-corrected chi connectivity index (χ1v) is 8.01. The molecule has 2 aromatic carbocycles. The molecule has 0 aliphatic heterocycles. The lowest BCUT2D eigenvalue weighted by molar-refractivity contribution is 0.702. The van der Waals surface area contributed by atoms with Gasteiger partial charge in [0.05, 0.1) is 13.1 Å². The number of nitrogens with two attached hydrogens (primary N) is 1. The number of anilines is 1. The van der Waals surface area contributed by atoms with E-state index in [0.29, 0.717) is 29.9 Å². The molecule has 124 valence electrons. The summed E-state index contributed by atoms with van der Waals surface area (Å²) in [6.07, 6.45) is 1.52. The van der Waals surface area contributed by atoms with E-state index in [9.17, 15) is 4.79 Å². The van der Waals surface area contributed by atoms with E-state index in [0.717, 1.165) is 11.1 Å². The van der Waals surface area contributed by atoms with Gasteiger partial charge in [0.25, 0.3) is 5.56 Å². The maximum atomic E-state index is 12.8. The number of rotatable bonds is 4. The predicted octanol–water partition coefficient (Wildman–Crippen LogP) is 2.27. The maximum Gasteiger partial charge on any atom is 0.266 e. The molecule has 6 nitrogen and oxygen atoms in total. The maximum absolute atomic E-state index is 12.8. The number of nitrogen functional groups attached to an aromatic ring is 1. The Bertz CT molecular complexity index is 1070. The van der Waals surface area contributed by atoms with Crippen molar-refractivity contribution in [2.75, 3.05) is 5.73 Å². The highest BCUT2D eigenvalue weighted by Crippen LogP contribution is 2.16. The zero-order valence-electron chi connectivity index (χ0n) is 13.5. The third-order valence-corrected chi connectivity index (χ3v) is 4.14. The number of aromatic nitrogens is 4. The van der Waals surface area contributed by atoms with Crippen LogP contribution in [-0.4, -0.2) is 19.3 Å². The molecule has 4 rings (SSSR count). The van der Waals surface area contributed by atoms with Crippen LogP contribution in [0, 0.1) is 0 Å². The molecule has 6 heteroatoms. The van der Waals surface area contributed by atoms with E-state index in [4.69, 9.17) is 5.73 Å². The molecule has 2 N–H and O–H groups in total. The van der Waals surface area contributed by atoms with Gasteiger partial charge in [-0.1, -0.05) is 60.7 Å². The fourth-order valence-corrected chi connectivity index (χ4v) is 2.85. The lowest BCUT2D eigenvalue weighted by atomic mass is 10.2. The van der Waals surface area contributed by atoms with Crippen LogP contribution in [0.1, 0.15) is 11.1 Å². The van der Waals surface area contributed by atoms with E-state index in [1.165, 1.54) is 6.33 Å². The van der Waals surface area contributed by atoms with Crippen molar-refractivity contribution in [3.05, 3.63) is 88.5 Å². The fourth-order valence-electron chi connectivity index (χ4n) is 2.85.